The average Bonchev–Trinajstić information content (AvgIpc) is 2.82. The molecule has 1 aromatic carbocycles. The summed E-state index contributed by atoms with van der Waals surface area (Å²) < 4.78 is 10.0. The first-order valence-electron chi connectivity index (χ1n) is 12.5. The summed E-state index contributed by atoms with van der Waals surface area (Å²) in [6, 6.07) is 3.88. The third kappa shape index (κ3) is 8.94. The molecule has 0 heterocycles. The monoisotopic (exact) mass is 521 g/mol. The largest absolute Gasteiger partial charge is 0.508 e. The summed E-state index contributed by atoms with van der Waals surface area (Å²) in [5.41, 5.74) is -1.49. The van der Waals surface area contributed by atoms with E-state index >= 15 is 0 Å². The molecule has 1 rings (SSSR count). The van der Waals surface area contributed by atoms with Crippen molar-refractivity contribution in [2.75, 3.05) is 13.7 Å². The Labute approximate surface area is 220 Å². The number of ether oxygens (including phenoxy) is 2. The van der Waals surface area contributed by atoms with Crippen LogP contribution in [0.25, 0.3) is 0 Å². The number of carbonyl (C=O) groups excluding carboxylic acids is 4. The zero-order valence-corrected chi connectivity index (χ0v) is 23.5. The summed E-state index contributed by atoms with van der Waals surface area (Å²) in [6.07, 6.45) is 0.254. The smallest absolute Gasteiger partial charge is 0.408 e. The number of methoxy groups -OCH3 is 1. The topological polar surface area (TPSA) is 134 Å². The maximum Gasteiger partial charge on any atom is 0.408 e. The SMILES string of the molecule is CCC(C)C(NC(=O)OC(C)(C)C)C(=O)N(C(C(=O)NCC(=O)OC)c1ccccc1O)C(C)(C)CC. The van der Waals surface area contributed by atoms with Gasteiger partial charge >= 0.3 is 12.1 Å². The lowest BCUT2D eigenvalue weighted by atomic mass is 9.89. The fourth-order valence-corrected chi connectivity index (χ4v) is 3.66. The number of phenolic OH excluding ortho intramolecular Hbond substituents is 1. The van der Waals surface area contributed by atoms with Crippen molar-refractivity contribution in [3.8, 4) is 5.75 Å². The van der Waals surface area contributed by atoms with Gasteiger partial charge in [-0.05, 0) is 53.0 Å². The van der Waals surface area contributed by atoms with E-state index in [4.69, 9.17) is 4.74 Å². The number of para-hydroxylation sites is 1. The van der Waals surface area contributed by atoms with Crippen molar-refractivity contribution < 1.29 is 33.8 Å². The molecule has 3 atom stereocenters. The molecular formula is C27H43N3O7. The highest BCUT2D eigenvalue weighted by Gasteiger charge is 2.45. The van der Waals surface area contributed by atoms with Gasteiger partial charge in [0.15, 0.2) is 0 Å². The highest BCUT2D eigenvalue weighted by Crippen LogP contribution is 2.36. The zero-order valence-electron chi connectivity index (χ0n) is 23.5. The van der Waals surface area contributed by atoms with Gasteiger partial charge in [0.05, 0.1) is 7.11 Å². The molecule has 0 aromatic heterocycles. The number of rotatable bonds is 11. The Bertz CT molecular complexity index is 956. The minimum Gasteiger partial charge on any atom is -0.508 e. The van der Waals surface area contributed by atoms with Crippen molar-refractivity contribution in [3.05, 3.63) is 29.8 Å². The second kappa shape index (κ2) is 13.3. The van der Waals surface area contributed by atoms with Gasteiger partial charge in [0, 0.05) is 11.1 Å². The normalized spacial score (nSPS) is 14.1. The van der Waals surface area contributed by atoms with Crippen LogP contribution in [0.2, 0.25) is 0 Å². The van der Waals surface area contributed by atoms with E-state index in [1.54, 1.807) is 52.8 Å². The Hall–Kier alpha value is -3.30. The van der Waals surface area contributed by atoms with E-state index in [-0.39, 0.29) is 17.2 Å². The summed E-state index contributed by atoms with van der Waals surface area (Å²) >= 11 is 0. The minimum absolute atomic E-state index is 0.180. The molecule has 0 radical (unpaired) electrons. The number of amides is 3. The molecular weight excluding hydrogens is 478 g/mol. The molecule has 3 amide bonds. The van der Waals surface area contributed by atoms with Gasteiger partial charge in [0.2, 0.25) is 11.8 Å². The molecule has 0 spiro atoms. The van der Waals surface area contributed by atoms with Crippen LogP contribution in [0.15, 0.2) is 24.3 Å². The number of esters is 1. The Morgan fingerprint density at radius 1 is 1.05 bits per heavy atom. The molecule has 1 aromatic rings. The molecule has 3 N–H and O–H groups in total. The van der Waals surface area contributed by atoms with Crippen molar-refractivity contribution in [1.29, 1.82) is 0 Å². The number of benzene rings is 1. The first kappa shape index (κ1) is 31.7. The molecule has 0 fully saturated rings. The summed E-state index contributed by atoms with van der Waals surface area (Å²) in [4.78, 5) is 53.7. The fourth-order valence-electron chi connectivity index (χ4n) is 3.66. The molecule has 10 heteroatoms. The summed E-state index contributed by atoms with van der Waals surface area (Å²) in [5.74, 6) is -2.36. The second-order valence-electron chi connectivity index (χ2n) is 10.6. The van der Waals surface area contributed by atoms with E-state index in [0.717, 1.165) is 0 Å². The number of carbonyl (C=O) groups is 4. The van der Waals surface area contributed by atoms with Gasteiger partial charge in [-0.3, -0.25) is 14.4 Å². The molecule has 37 heavy (non-hydrogen) atoms. The maximum absolute atomic E-state index is 14.3. The lowest BCUT2D eigenvalue weighted by molar-refractivity contribution is -0.151. The van der Waals surface area contributed by atoms with Crippen molar-refractivity contribution in [2.24, 2.45) is 5.92 Å². The van der Waals surface area contributed by atoms with Crippen molar-refractivity contribution in [1.82, 2.24) is 15.5 Å². The van der Waals surface area contributed by atoms with E-state index in [2.05, 4.69) is 15.4 Å². The third-order valence-electron chi connectivity index (χ3n) is 6.28. The van der Waals surface area contributed by atoms with E-state index in [0.29, 0.717) is 12.8 Å². The molecule has 0 aliphatic carbocycles. The Balaban J connectivity index is 3.68. The number of nitrogens with one attached hydrogen (secondary N) is 2. The minimum atomic E-state index is -1.31. The molecule has 208 valence electrons. The molecule has 0 saturated heterocycles. The number of nitrogens with zero attached hydrogens (tertiary/aromatic N) is 1. The quantitative estimate of drug-likeness (QED) is 0.378. The van der Waals surface area contributed by atoms with E-state index in [1.807, 2.05) is 20.8 Å². The van der Waals surface area contributed by atoms with Gasteiger partial charge < -0.3 is 30.1 Å². The second-order valence-corrected chi connectivity index (χ2v) is 10.6. The van der Waals surface area contributed by atoms with Crippen LogP contribution >= 0.6 is 0 Å². The number of alkyl carbamates (subject to hydrolysis) is 1. The number of phenols is 1. The lowest BCUT2D eigenvalue weighted by Crippen LogP contribution is -2.60. The molecule has 3 unspecified atom stereocenters. The van der Waals surface area contributed by atoms with Crippen LogP contribution in [0.3, 0.4) is 0 Å². The van der Waals surface area contributed by atoms with Crippen molar-refractivity contribution in [2.45, 2.75) is 91.5 Å². The Morgan fingerprint density at radius 3 is 2.14 bits per heavy atom. The maximum atomic E-state index is 14.3. The molecule has 0 bridgehead atoms. The highest BCUT2D eigenvalue weighted by molar-refractivity contribution is 5.94. The average molecular weight is 522 g/mol. The first-order valence-corrected chi connectivity index (χ1v) is 12.5. The van der Waals surface area contributed by atoms with Gasteiger partial charge in [-0.15, -0.1) is 0 Å². The molecule has 0 aliphatic heterocycles. The van der Waals surface area contributed by atoms with E-state index in [1.165, 1.54) is 18.1 Å². The van der Waals surface area contributed by atoms with Gasteiger partial charge in [-0.2, -0.15) is 0 Å². The number of hydrogen-bond acceptors (Lipinski definition) is 7. The highest BCUT2D eigenvalue weighted by atomic mass is 16.6. The van der Waals surface area contributed by atoms with Gasteiger partial charge in [-0.25, -0.2) is 4.79 Å². The number of hydrogen-bond donors (Lipinski definition) is 3. The Kier molecular flexibility index (Phi) is 11.4. The van der Waals surface area contributed by atoms with Crippen LogP contribution in [-0.2, 0) is 23.9 Å². The van der Waals surface area contributed by atoms with Crippen LogP contribution in [0.5, 0.6) is 5.75 Å². The summed E-state index contributed by atoms with van der Waals surface area (Å²) in [7, 11) is 1.20. The van der Waals surface area contributed by atoms with Gasteiger partial charge in [-0.1, -0.05) is 45.4 Å². The van der Waals surface area contributed by atoms with Crippen LogP contribution in [0, 0.1) is 5.92 Å². The summed E-state index contributed by atoms with van der Waals surface area (Å²) in [6.45, 7) is 13.9. The van der Waals surface area contributed by atoms with Crippen LogP contribution in [0.1, 0.15) is 79.8 Å². The van der Waals surface area contributed by atoms with E-state index < -0.39 is 53.6 Å². The van der Waals surface area contributed by atoms with Gasteiger partial charge in [0.1, 0.15) is 30.0 Å². The van der Waals surface area contributed by atoms with Crippen molar-refractivity contribution in [3.63, 3.8) is 0 Å². The standard InChI is InChI=1S/C27H43N3O7/c1-10-17(3)21(29-25(35)37-26(4,5)6)24(34)30(27(7,8)11-2)22(18-14-12-13-15-19(18)31)23(33)28-16-20(32)36-9/h12-15,17,21-22,31H,10-11,16H2,1-9H3,(H,28,33)(H,29,35). The first-order chi connectivity index (χ1) is 17.1. The predicted octanol–water partition coefficient (Wildman–Crippen LogP) is 3.68. The number of aromatic hydroxyl groups is 1. The van der Waals surface area contributed by atoms with E-state index in [9.17, 15) is 24.3 Å². The summed E-state index contributed by atoms with van der Waals surface area (Å²) in [5, 5.41) is 15.9. The zero-order chi connectivity index (χ0) is 28.6. The lowest BCUT2D eigenvalue weighted by Gasteiger charge is -2.45. The van der Waals surface area contributed by atoms with Crippen LogP contribution in [-0.4, -0.2) is 64.7 Å². The van der Waals surface area contributed by atoms with Crippen LogP contribution < -0.4 is 10.6 Å². The molecule has 0 aliphatic rings. The molecule has 10 nitrogen and oxygen atoms in total. The predicted molar refractivity (Wildman–Crippen MR) is 140 cm³/mol. The molecule has 0 saturated carbocycles. The third-order valence-corrected chi connectivity index (χ3v) is 6.28. The van der Waals surface area contributed by atoms with Crippen LogP contribution in [0.4, 0.5) is 4.79 Å². The fraction of sp³-hybridized carbons (Fsp3) is 0.630. The Morgan fingerprint density at radius 2 is 1.65 bits per heavy atom. The van der Waals surface area contributed by atoms with Gasteiger partial charge in [0.25, 0.3) is 0 Å². The van der Waals surface area contributed by atoms with Crippen molar-refractivity contribution >= 4 is 23.9 Å².